The first-order valence-corrected chi connectivity index (χ1v) is 5.21. The molecule has 0 radical (unpaired) electrons. The molecule has 1 rings (SSSR count). The van der Waals surface area contributed by atoms with E-state index in [4.69, 9.17) is 0 Å². The van der Waals surface area contributed by atoms with Gasteiger partial charge in [-0.05, 0) is 26.0 Å². The van der Waals surface area contributed by atoms with Crippen LogP contribution in [0.2, 0.25) is 0 Å². The predicted octanol–water partition coefficient (Wildman–Crippen LogP) is 2.13. The number of hydrogen-bond acceptors (Lipinski definition) is 3. The molecule has 1 N–H and O–H groups in total. The quantitative estimate of drug-likeness (QED) is 0.825. The third-order valence-corrected chi connectivity index (χ3v) is 2.30. The molecule has 1 unspecified atom stereocenters. The number of aliphatic hydroxyl groups is 1. The SMILES string of the molecule is CCOC(=O)CC(C)(O)c1c(F)cccc1F. The maximum Gasteiger partial charge on any atom is 0.309 e. The maximum absolute atomic E-state index is 13.4. The number of hydrogen-bond donors (Lipinski definition) is 1. The van der Waals surface area contributed by atoms with Gasteiger partial charge in [0.25, 0.3) is 0 Å². The average Bonchev–Trinajstić information content (AvgIpc) is 2.15. The monoisotopic (exact) mass is 244 g/mol. The van der Waals surface area contributed by atoms with E-state index in [0.29, 0.717) is 0 Å². The molecule has 1 aromatic carbocycles. The molecule has 5 heteroatoms. The highest BCUT2D eigenvalue weighted by Gasteiger charge is 2.33. The zero-order valence-corrected chi connectivity index (χ0v) is 9.67. The van der Waals surface area contributed by atoms with Crippen LogP contribution in [0.5, 0.6) is 0 Å². The molecule has 0 bridgehead atoms. The molecule has 1 aromatic rings. The number of esters is 1. The molecule has 0 amide bonds. The van der Waals surface area contributed by atoms with E-state index in [9.17, 15) is 18.7 Å². The normalized spacial score (nSPS) is 14.2. The lowest BCUT2D eigenvalue weighted by atomic mass is 9.91. The number of carbonyl (C=O) groups excluding carboxylic acids is 1. The summed E-state index contributed by atoms with van der Waals surface area (Å²) in [6.07, 6.45) is -0.501. The topological polar surface area (TPSA) is 46.5 Å². The highest BCUT2D eigenvalue weighted by molar-refractivity contribution is 5.71. The molecule has 0 aliphatic carbocycles. The van der Waals surface area contributed by atoms with Gasteiger partial charge in [-0.2, -0.15) is 0 Å². The van der Waals surface area contributed by atoms with E-state index in [-0.39, 0.29) is 6.61 Å². The lowest BCUT2D eigenvalue weighted by Crippen LogP contribution is -2.28. The first-order chi connectivity index (χ1) is 7.88. The summed E-state index contributed by atoms with van der Waals surface area (Å²) in [6.45, 7) is 2.93. The Morgan fingerprint density at radius 3 is 2.41 bits per heavy atom. The third-order valence-electron chi connectivity index (χ3n) is 2.30. The van der Waals surface area contributed by atoms with Crippen molar-refractivity contribution >= 4 is 5.97 Å². The molecule has 0 saturated carbocycles. The summed E-state index contributed by atoms with van der Waals surface area (Å²) >= 11 is 0. The summed E-state index contributed by atoms with van der Waals surface area (Å²) in [5.74, 6) is -2.49. The Hall–Kier alpha value is -1.49. The minimum Gasteiger partial charge on any atom is -0.466 e. The Kier molecular flexibility index (Phi) is 4.17. The van der Waals surface area contributed by atoms with Crippen molar-refractivity contribution in [3.63, 3.8) is 0 Å². The van der Waals surface area contributed by atoms with Gasteiger partial charge in [-0.1, -0.05) is 6.07 Å². The summed E-state index contributed by atoms with van der Waals surface area (Å²) in [4.78, 5) is 11.2. The van der Waals surface area contributed by atoms with Crippen LogP contribution in [0, 0.1) is 11.6 Å². The number of benzene rings is 1. The Balaban J connectivity index is 3.00. The van der Waals surface area contributed by atoms with Crippen molar-refractivity contribution in [2.45, 2.75) is 25.9 Å². The van der Waals surface area contributed by atoms with E-state index in [1.807, 2.05) is 0 Å². The van der Waals surface area contributed by atoms with Crippen LogP contribution in [0.15, 0.2) is 18.2 Å². The van der Waals surface area contributed by atoms with Crippen LogP contribution in [0.4, 0.5) is 8.78 Å². The molecule has 0 saturated heterocycles. The van der Waals surface area contributed by atoms with Gasteiger partial charge in [0.05, 0.1) is 18.6 Å². The lowest BCUT2D eigenvalue weighted by Gasteiger charge is -2.23. The van der Waals surface area contributed by atoms with Crippen molar-refractivity contribution in [2.75, 3.05) is 6.61 Å². The van der Waals surface area contributed by atoms with Gasteiger partial charge in [0.2, 0.25) is 0 Å². The number of rotatable bonds is 4. The fourth-order valence-corrected chi connectivity index (χ4v) is 1.59. The van der Waals surface area contributed by atoms with Gasteiger partial charge >= 0.3 is 5.97 Å². The highest BCUT2D eigenvalue weighted by atomic mass is 19.1. The van der Waals surface area contributed by atoms with Crippen LogP contribution >= 0.6 is 0 Å². The molecule has 0 aliphatic rings. The number of carbonyl (C=O) groups is 1. The van der Waals surface area contributed by atoms with Crippen LogP contribution in [0.1, 0.15) is 25.8 Å². The van der Waals surface area contributed by atoms with E-state index in [1.165, 1.54) is 13.0 Å². The van der Waals surface area contributed by atoms with E-state index >= 15 is 0 Å². The molecule has 94 valence electrons. The van der Waals surface area contributed by atoms with Gasteiger partial charge in [-0.15, -0.1) is 0 Å². The Labute approximate surface area is 98.0 Å². The first kappa shape index (κ1) is 13.6. The minimum absolute atomic E-state index is 0.147. The maximum atomic E-state index is 13.4. The Morgan fingerprint density at radius 2 is 1.94 bits per heavy atom. The van der Waals surface area contributed by atoms with Crippen LogP contribution in [-0.4, -0.2) is 17.7 Å². The fraction of sp³-hybridized carbons (Fsp3) is 0.417. The number of ether oxygens (including phenoxy) is 1. The van der Waals surface area contributed by atoms with Gasteiger partial charge in [0.15, 0.2) is 0 Å². The summed E-state index contributed by atoms with van der Waals surface area (Å²) in [5, 5.41) is 9.96. The summed E-state index contributed by atoms with van der Waals surface area (Å²) in [7, 11) is 0. The van der Waals surface area contributed by atoms with Crippen molar-refractivity contribution in [3.8, 4) is 0 Å². The molecule has 17 heavy (non-hydrogen) atoms. The first-order valence-electron chi connectivity index (χ1n) is 5.21. The van der Waals surface area contributed by atoms with Crippen molar-refractivity contribution in [3.05, 3.63) is 35.4 Å². The van der Waals surface area contributed by atoms with Gasteiger partial charge in [-0.25, -0.2) is 8.78 Å². The van der Waals surface area contributed by atoms with Gasteiger partial charge in [0, 0.05) is 0 Å². The molecule has 0 aliphatic heterocycles. The predicted molar refractivity (Wildman–Crippen MR) is 57.2 cm³/mol. The van der Waals surface area contributed by atoms with Crippen molar-refractivity contribution in [1.29, 1.82) is 0 Å². The van der Waals surface area contributed by atoms with Crippen LogP contribution < -0.4 is 0 Å². The Bertz CT molecular complexity index is 396. The van der Waals surface area contributed by atoms with Crippen molar-refractivity contribution < 1.29 is 23.4 Å². The van der Waals surface area contributed by atoms with Gasteiger partial charge in [-0.3, -0.25) is 4.79 Å². The molecule has 0 fully saturated rings. The zero-order chi connectivity index (χ0) is 13.1. The smallest absolute Gasteiger partial charge is 0.309 e. The van der Waals surface area contributed by atoms with E-state index in [1.54, 1.807) is 6.92 Å². The van der Waals surface area contributed by atoms with E-state index in [0.717, 1.165) is 12.1 Å². The molecular formula is C12H14F2O3. The summed E-state index contributed by atoms with van der Waals surface area (Å²) in [6, 6.07) is 3.24. The standard InChI is InChI=1S/C12H14F2O3/c1-3-17-10(15)7-12(2,16)11-8(13)5-4-6-9(11)14/h4-6,16H,3,7H2,1-2H3. The van der Waals surface area contributed by atoms with Crippen molar-refractivity contribution in [1.82, 2.24) is 0 Å². The van der Waals surface area contributed by atoms with E-state index in [2.05, 4.69) is 4.74 Å². The highest BCUT2D eigenvalue weighted by Crippen LogP contribution is 2.29. The molecule has 3 nitrogen and oxygen atoms in total. The second kappa shape index (κ2) is 5.23. The number of halogens is 2. The second-order valence-electron chi connectivity index (χ2n) is 3.85. The van der Waals surface area contributed by atoms with Gasteiger partial charge in [0.1, 0.15) is 17.2 Å². The molecule has 0 heterocycles. The average molecular weight is 244 g/mol. The summed E-state index contributed by atoms with van der Waals surface area (Å²) in [5.41, 5.74) is -2.45. The summed E-state index contributed by atoms with van der Waals surface area (Å²) < 4.78 is 31.5. The molecule has 0 aromatic heterocycles. The van der Waals surface area contributed by atoms with Crippen LogP contribution in [0.25, 0.3) is 0 Å². The molecular weight excluding hydrogens is 230 g/mol. The molecule has 1 atom stereocenters. The van der Waals surface area contributed by atoms with Crippen molar-refractivity contribution in [2.24, 2.45) is 0 Å². The third kappa shape index (κ3) is 3.23. The second-order valence-corrected chi connectivity index (χ2v) is 3.85. The minimum atomic E-state index is -1.93. The van der Waals surface area contributed by atoms with Gasteiger partial charge < -0.3 is 9.84 Å². The van der Waals surface area contributed by atoms with E-state index < -0.39 is 35.2 Å². The Morgan fingerprint density at radius 1 is 1.41 bits per heavy atom. The lowest BCUT2D eigenvalue weighted by molar-refractivity contribution is -0.148. The fourth-order valence-electron chi connectivity index (χ4n) is 1.59. The van der Waals surface area contributed by atoms with Crippen LogP contribution in [0.3, 0.4) is 0 Å². The largest absolute Gasteiger partial charge is 0.466 e. The molecule has 0 spiro atoms. The van der Waals surface area contributed by atoms with Crippen LogP contribution in [-0.2, 0) is 15.1 Å². The zero-order valence-electron chi connectivity index (χ0n) is 9.67.